The number of halogens is 1. The van der Waals surface area contributed by atoms with Gasteiger partial charge < -0.3 is 14.8 Å². The van der Waals surface area contributed by atoms with Gasteiger partial charge in [-0.2, -0.15) is 0 Å². The van der Waals surface area contributed by atoms with Gasteiger partial charge in [-0.1, -0.05) is 0 Å². The molecule has 0 bridgehead atoms. The summed E-state index contributed by atoms with van der Waals surface area (Å²) in [6.45, 7) is 3.64. The first-order valence-corrected chi connectivity index (χ1v) is 9.73. The monoisotopic (exact) mass is 376 g/mol. The Morgan fingerprint density at radius 1 is 1.17 bits per heavy atom. The predicted molar refractivity (Wildman–Crippen MR) is 94.7 cm³/mol. The normalized spacial score (nSPS) is 20.8. The molecule has 1 unspecified atom stereocenters. The smallest absolute Gasteiger partial charge is 0.240 e. The van der Waals surface area contributed by atoms with Gasteiger partial charge in [-0.05, 0) is 50.4 Å². The van der Waals surface area contributed by atoms with Crippen LogP contribution in [0.3, 0.4) is 0 Å². The highest BCUT2D eigenvalue weighted by molar-refractivity contribution is 7.89. The third-order valence-corrected chi connectivity index (χ3v) is 5.73. The molecule has 0 aliphatic carbocycles. The zero-order chi connectivity index (χ0) is 16.1. The van der Waals surface area contributed by atoms with E-state index in [1.54, 1.807) is 18.2 Å². The van der Waals surface area contributed by atoms with E-state index < -0.39 is 10.0 Å². The van der Waals surface area contributed by atoms with Gasteiger partial charge in [0.2, 0.25) is 10.0 Å². The van der Waals surface area contributed by atoms with Gasteiger partial charge in [-0.25, -0.2) is 13.1 Å². The highest BCUT2D eigenvalue weighted by atomic mass is 35.5. The molecule has 2 aliphatic heterocycles. The van der Waals surface area contributed by atoms with Crippen molar-refractivity contribution in [2.75, 3.05) is 32.8 Å². The molecule has 0 radical (unpaired) electrons. The molecule has 0 amide bonds. The van der Waals surface area contributed by atoms with E-state index in [0.29, 0.717) is 37.2 Å². The minimum absolute atomic E-state index is 0. The fourth-order valence-corrected chi connectivity index (χ4v) is 4.02. The fourth-order valence-electron chi connectivity index (χ4n) is 2.96. The van der Waals surface area contributed by atoms with Crippen molar-refractivity contribution >= 4 is 22.4 Å². The zero-order valence-electron chi connectivity index (χ0n) is 13.6. The molecule has 0 spiro atoms. The van der Waals surface area contributed by atoms with Crippen molar-refractivity contribution in [1.29, 1.82) is 0 Å². The van der Waals surface area contributed by atoms with Crippen LogP contribution in [0.2, 0.25) is 0 Å². The number of piperidine rings is 1. The Morgan fingerprint density at radius 3 is 2.71 bits per heavy atom. The second-order valence-corrected chi connectivity index (χ2v) is 7.82. The first-order chi connectivity index (χ1) is 11.1. The molecule has 2 N–H and O–H groups in total. The van der Waals surface area contributed by atoms with E-state index >= 15 is 0 Å². The van der Waals surface area contributed by atoms with Gasteiger partial charge in [0, 0.05) is 19.0 Å². The van der Waals surface area contributed by atoms with Crippen molar-refractivity contribution in [3.8, 4) is 11.5 Å². The average molecular weight is 377 g/mol. The summed E-state index contributed by atoms with van der Waals surface area (Å²) >= 11 is 0. The molecule has 1 fully saturated rings. The Labute approximate surface area is 149 Å². The number of hydrogen-bond donors (Lipinski definition) is 2. The second-order valence-electron chi connectivity index (χ2n) is 6.06. The van der Waals surface area contributed by atoms with Crippen LogP contribution in [-0.2, 0) is 10.0 Å². The van der Waals surface area contributed by atoms with Crippen molar-refractivity contribution in [3.63, 3.8) is 0 Å². The van der Waals surface area contributed by atoms with Crippen LogP contribution >= 0.6 is 12.4 Å². The molecule has 2 heterocycles. The Morgan fingerprint density at radius 2 is 1.96 bits per heavy atom. The first-order valence-electron chi connectivity index (χ1n) is 8.25. The molecule has 3 rings (SSSR count). The largest absolute Gasteiger partial charge is 0.490 e. The third-order valence-electron chi connectivity index (χ3n) is 4.27. The summed E-state index contributed by atoms with van der Waals surface area (Å²) in [5.41, 5.74) is 0. The number of rotatable bonds is 5. The summed E-state index contributed by atoms with van der Waals surface area (Å²) in [6.07, 6.45) is 3.99. The summed E-state index contributed by atoms with van der Waals surface area (Å²) in [7, 11) is -3.51. The molecular formula is C16H25ClN2O4S. The molecule has 2 aliphatic rings. The average Bonchev–Trinajstić information content (AvgIpc) is 2.80. The minimum atomic E-state index is -3.51. The lowest BCUT2D eigenvalue weighted by molar-refractivity contribution is 0.297. The van der Waals surface area contributed by atoms with Gasteiger partial charge in [-0.3, -0.25) is 0 Å². The van der Waals surface area contributed by atoms with Gasteiger partial charge in [0.25, 0.3) is 0 Å². The Kier molecular flexibility index (Phi) is 7.16. The molecule has 1 atom stereocenters. The van der Waals surface area contributed by atoms with Crippen molar-refractivity contribution in [3.05, 3.63) is 18.2 Å². The van der Waals surface area contributed by atoms with E-state index in [2.05, 4.69) is 10.0 Å². The third kappa shape index (κ3) is 4.99. The SMILES string of the molecule is Cl.O=S(=O)(NCCC1CCCNC1)c1ccc2c(c1)OCCCO2. The quantitative estimate of drug-likeness (QED) is 0.821. The number of hydrogen-bond acceptors (Lipinski definition) is 5. The molecular weight excluding hydrogens is 352 g/mol. The molecule has 1 aromatic carbocycles. The van der Waals surface area contributed by atoms with Crippen LogP contribution in [0.1, 0.15) is 25.7 Å². The molecule has 0 aromatic heterocycles. The van der Waals surface area contributed by atoms with E-state index in [1.165, 1.54) is 12.8 Å². The van der Waals surface area contributed by atoms with Crippen molar-refractivity contribution in [1.82, 2.24) is 10.0 Å². The first kappa shape index (κ1) is 19.3. The number of ether oxygens (including phenoxy) is 2. The van der Waals surface area contributed by atoms with E-state index in [9.17, 15) is 8.42 Å². The predicted octanol–water partition coefficient (Wildman–Crippen LogP) is 1.94. The fraction of sp³-hybridized carbons (Fsp3) is 0.625. The van der Waals surface area contributed by atoms with Gasteiger partial charge in [0.05, 0.1) is 18.1 Å². The van der Waals surface area contributed by atoms with Gasteiger partial charge >= 0.3 is 0 Å². The zero-order valence-corrected chi connectivity index (χ0v) is 15.3. The van der Waals surface area contributed by atoms with Crippen molar-refractivity contribution in [2.24, 2.45) is 5.92 Å². The van der Waals surface area contributed by atoms with Crippen LogP contribution in [0.25, 0.3) is 0 Å². The molecule has 1 aromatic rings. The molecule has 136 valence electrons. The summed E-state index contributed by atoms with van der Waals surface area (Å²) in [4.78, 5) is 0.225. The summed E-state index contributed by atoms with van der Waals surface area (Å²) < 4.78 is 38.6. The lowest BCUT2D eigenvalue weighted by Crippen LogP contribution is -2.33. The van der Waals surface area contributed by atoms with Gasteiger partial charge in [-0.15, -0.1) is 12.4 Å². The van der Waals surface area contributed by atoms with Crippen LogP contribution in [0.4, 0.5) is 0 Å². The van der Waals surface area contributed by atoms with Crippen LogP contribution in [-0.4, -0.2) is 41.3 Å². The number of benzene rings is 1. The van der Waals surface area contributed by atoms with Crippen LogP contribution in [0, 0.1) is 5.92 Å². The molecule has 0 saturated carbocycles. The maximum Gasteiger partial charge on any atom is 0.240 e. The van der Waals surface area contributed by atoms with Gasteiger partial charge in [0.15, 0.2) is 11.5 Å². The lowest BCUT2D eigenvalue weighted by Gasteiger charge is -2.22. The van der Waals surface area contributed by atoms with E-state index in [-0.39, 0.29) is 17.3 Å². The topological polar surface area (TPSA) is 76.7 Å². The Bertz CT molecular complexity index is 633. The molecule has 6 nitrogen and oxygen atoms in total. The Balaban J connectivity index is 0.00000208. The van der Waals surface area contributed by atoms with Gasteiger partial charge in [0.1, 0.15) is 0 Å². The number of nitrogens with one attached hydrogen (secondary N) is 2. The maximum absolute atomic E-state index is 12.4. The summed E-state index contributed by atoms with van der Waals surface area (Å²) in [6, 6.07) is 4.78. The highest BCUT2D eigenvalue weighted by Crippen LogP contribution is 2.31. The van der Waals surface area contributed by atoms with Crippen LogP contribution in [0.15, 0.2) is 23.1 Å². The van der Waals surface area contributed by atoms with E-state index in [1.807, 2.05) is 0 Å². The number of fused-ring (bicyclic) bond motifs is 1. The number of sulfonamides is 1. The second kappa shape index (κ2) is 8.89. The Hall–Kier alpha value is -1.02. The van der Waals surface area contributed by atoms with E-state index in [4.69, 9.17) is 9.47 Å². The van der Waals surface area contributed by atoms with E-state index in [0.717, 1.165) is 25.9 Å². The lowest BCUT2D eigenvalue weighted by atomic mass is 9.96. The standard InChI is InChI=1S/C16H24N2O4S.ClH/c19-23(20,18-8-6-13-3-1-7-17-12-13)14-4-5-15-16(11-14)22-10-2-9-21-15;/h4-5,11,13,17-18H,1-3,6-10,12H2;1H. The maximum atomic E-state index is 12.4. The van der Waals surface area contributed by atoms with Crippen LogP contribution < -0.4 is 19.5 Å². The van der Waals surface area contributed by atoms with Crippen molar-refractivity contribution in [2.45, 2.75) is 30.6 Å². The van der Waals surface area contributed by atoms with Crippen molar-refractivity contribution < 1.29 is 17.9 Å². The highest BCUT2D eigenvalue weighted by Gasteiger charge is 2.19. The molecule has 1 saturated heterocycles. The minimum Gasteiger partial charge on any atom is -0.490 e. The summed E-state index contributed by atoms with van der Waals surface area (Å²) in [5.74, 6) is 1.66. The molecule has 8 heteroatoms. The molecule has 24 heavy (non-hydrogen) atoms. The summed E-state index contributed by atoms with van der Waals surface area (Å²) in [5, 5.41) is 3.35. The van der Waals surface area contributed by atoms with Crippen LogP contribution in [0.5, 0.6) is 11.5 Å².